The topological polar surface area (TPSA) is 107 Å². The number of para-hydroxylation sites is 2. The molecule has 3 N–H and O–H groups in total. The first-order valence-corrected chi connectivity index (χ1v) is 10.5. The summed E-state index contributed by atoms with van der Waals surface area (Å²) < 4.78 is 10.7. The number of pyridine rings is 1. The summed E-state index contributed by atoms with van der Waals surface area (Å²) in [5.74, 6) is 0.631. The van der Waals surface area contributed by atoms with Crippen LogP contribution in [0.1, 0.15) is 48.7 Å². The van der Waals surface area contributed by atoms with E-state index in [4.69, 9.17) is 15.2 Å². The molecule has 2 heterocycles. The van der Waals surface area contributed by atoms with E-state index < -0.39 is 0 Å². The van der Waals surface area contributed by atoms with Crippen molar-refractivity contribution in [2.24, 2.45) is 0 Å². The molecule has 1 aliphatic heterocycles. The Morgan fingerprint density at radius 1 is 1.19 bits per heavy atom. The van der Waals surface area contributed by atoms with Gasteiger partial charge in [0.1, 0.15) is 18.2 Å². The van der Waals surface area contributed by atoms with E-state index in [1.54, 1.807) is 25.3 Å². The molecule has 8 heteroatoms. The summed E-state index contributed by atoms with van der Waals surface area (Å²) in [4.78, 5) is 31.2. The van der Waals surface area contributed by atoms with Gasteiger partial charge in [-0.15, -0.1) is 0 Å². The summed E-state index contributed by atoms with van der Waals surface area (Å²) in [5, 5.41) is 2.82. The van der Waals surface area contributed by atoms with E-state index in [-0.39, 0.29) is 36.3 Å². The fraction of sp³-hybridized carbons (Fsp3) is 0.435. The first-order chi connectivity index (χ1) is 14.9. The Morgan fingerprint density at radius 2 is 1.90 bits per heavy atom. The fourth-order valence-electron chi connectivity index (χ4n) is 3.60. The second kappa shape index (κ2) is 10.3. The third-order valence-corrected chi connectivity index (χ3v) is 5.35. The van der Waals surface area contributed by atoms with Gasteiger partial charge in [0.15, 0.2) is 0 Å². The molecule has 1 aliphatic rings. The molecular weight excluding hydrogens is 396 g/mol. The zero-order valence-electron chi connectivity index (χ0n) is 18.3. The van der Waals surface area contributed by atoms with Crippen LogP contribution in [0.2, 0.25) is 0 Å². The highest BCUT2D eigenvalue weighted by atomic mass is 16.5. The number of rotatable bonds is 7. The Hall–Kier alpha value is -3.13. The number of aromatic nitrogens is 1. The summed E-state index contributed by atoms with van der Waals surface area (Å²) in [7, 11) is 1.55. The van der Waals surface area contributed by atoms with Gasteiger partial charge in [0.05, 0.1) is 24.5 Å². The Morgan fingerprint density at radius 3 is 2.55 bits per heavy atom. The van der Waals surface area contributed by atoms with Gasteiger partial charge in [-0.3, -0.25) is 9.59 Å². The third-order valence-electron chi connectivity index (χ3n) is 5.35. The number of anilines is 2. The van der Waals surface area contributed by atoms with Gasteiger partial charge < -0.3 is 25.4 Å². The molecule has 3 rings (SSSR count). The lowest BCUT2D eigenvalue weighted by Gasteiger charge is -2.32. The number of ether oxygens (including phenoxy) is 2. The van der Waals surface area contributed by atoms with Crippen molar-refractivity contribution in [2.75, 3.05) is 37.9 Å². The first-order valence-electron chi connectivity index (χ1n) is 10.5. The molecule has 0 spiro atoms. The molecule has 8 nitrogen and oxygen atoms in total. The van der Waals surface area contributed by atoms with Crippen LogP contribution < -0.4 is 15.8 Å². The van der Waals surface area contributed by atoms with Crippen LogP contribution in [0.15, 0.2) is 36.4 Å². The molecule has 166 valence electrons. The molecule has 0 aliphatic carbocycles. The van der Waals surface area contributed by atoms with Gasteiger partial charge >= 0.3 is 0 Å². The average Bonchev–Trinajstić information content (AvgIpc) is 2.77. The predicted octanol–water partition coefficient (Wildman–Crippen LogP) is 3.06. The quantitative estimate of drug-likeness (QED) is 0.705. The highest BCUT2D eigenvalue weighted by Crippen LogP contribution is 2.29. The van der Waals surface area contributed by atoms with Crippen LogP contribution in [0, 0.1) is 0 Å². The standard InChI is InChI=1S/C23H30N4O4/c1-15(2)31-14-21(28)27-12-10-16(11-13-27)18-9-8-17(22(24)25-18)23(29)26-19-6-4-5-7-20(19)30-3/h4-9,15-16H,10-14H2,1-3H3,(H2,24,25)(H,26,29). The number of nitrogens with zero attached hydrogens (tertiary/aromatic N) is 2. The molecule has 31 heavy (non-hydrogen) atoms. The number of methoxy groups -OCH3 is 1. The number of hydrogen-bond donors (Lipinski definition) is 2. The van der Waals surface area contributed by atoms with Crippen LogP contribution in [-0.4, -0.2) is 54.6 Å². The molecule has 1 saturated heterocycles. The van der Waals surface area contributed by atoms with Gasteiger partial charge in [-0.2, -0.15) is 0 Å². The van der Waals surface area contributed by atoms with Crippen molar-refractivity contribution in [1.82, 2.24) is 9.88 Å². The monoisotopic (exact) mass is 426 g/mol. The summed E-state index contributed by atoms with van der Waals surface area (Å²) in [6, 6.07) is 10.7. The second-order valence-electron chi connectivity index (χ2n) is 7.84. The summed E-state index contributed by atoms with van der Waals surface area (Å²) in [6.07, 6.45) is 1.63. The number of amides is 2. The maximum absolute atomic E-state index is 12.7. The summed E-state index contributed by atoms with van der Waals surface area (Å²) in [6.45, 7) is 5.25. The minimum absolute atomic E-state index is 0.0167. The van der Waals surface area contributed by atoms with Gasteiger partial charge in [0.25, 0.3) is 5.91 Å². The van der Waals surface area contributed by atoms with Crippen LogP contribution in [0.3, 0.4) is 0 Å². The van der Waals surface area contributed by atoms with Crippen molar-refractivity contribution in [3.05, 3.63) is 47.7 Å². The molecule has 0 atom stereocenters. The number of carbonyl (C=O) groups excluding carboxylic acids is 2. The van der Waals surface area contributed by atoms with E-state index in [0.717, 1.165) is 18.5 Å². The fourth-order valence-corrected chi connectivity index (χ4v) is 3.60. The lowest BCUT2D eigenvalue weighted by atomic mass is 9.92. The smallest absolute Gasteiger partial charge is 0.259 e. The second-order valence-corrected chi connectivity index (χ2v) is 7.84. The van der Waals surface area contributed by atoms with Crippen LogP contribution >= 0.6 is 0 Å². The van der Waals surface area contributed by atoms with Crippen LogP contribution in [0.4, 0.5) is 11.5 Å². The molecule has 2 amide bonds. The zero-order chi connectivity index (χ0) is 22.4. The number of nitrogens with two attached hydrogens (primary N) is 1. The minimum Gasteiger partial charge on any atom is -0.495 e. The number of hydrogen-bond acceptors (Lipinski definition) is 6. The van der Waals surface area contributed by atoms with Crippen molar-refractivity contribution in [2.45, 2.75) is 38.7 Å². The Labute approximate surface area is 182 Å². The van der Waals surface area contributed by atoms with E-state index >= 15 is 0 Å². The van der Waals surface area contributed by atoms with E-state index in [9.17, 15) is 9.59 Å². The van der Waals surface area contributed by atoms with Gasteiger partial charge in [-0.25, -0.2) is 4.98 Å². The maximum Gasteiger partial charge on any atom is 0.259 e. The SMILES string of the molecule is COc1ccccc1NC(=O)c1ccc(C2CCN(C(=O)COC(C)C)CC2)nc1N. The number of nitrogen functional groups attached to an aromatic ring is 1. The average molecular weight is 427 g/mol. The maximum atomic E-state index is 12.7. The number of benzene rings is 1. The zero-order valence-corrected chi connectivity index (χ0v) is 18.3. The lowest BCUT2D eigenvalue weighted by molar-refractivity contribution is -0.138. The molecular formula is C23H30N4O4. The normalized spacial score (nSPS) is 14.5. The Balaban J connectivity index is 1.61. The Kier molecular flexibility index (Phi) is 7.46. The van der Waals surface area contributed by atoms with Gasteiger partial charge in [0.2, 0.25) is 5.91 Å². The number of carbonyl (C=O) groups is 2. The minimum atomic E-state index is -0.341. The molecule has 0 bridgehead atoms. The third kappa shape index (κ3) is 5.73. The highest BCUT2D eigenvalue weighted by molar-refractivity contribution is 6.07. The van der Waals surface area contributed by atoms with Crippen molar-refractivity contribution >= 4 is 23.3 Å². The molecule has 0 radical (unpaired) electrons. The van der Waals surface area contributed by atoms with Crippen molar-refractivity contribution in [3.8, 4) is 5.75 Å². The largest absolute Gasteiger partial charge is 0.495 e. The van der Waals surface area contributed by atoms with E-state index in [0.29, 0.717) is 30.1 Å². The van der Waals surface area contributed by atoms with Crippen molar-refractivity contribution in [1.29, 1.82) is 0 Å². The van der Waals surface area contributed by atoms with Gasteiger partial charge in [-0.1, -0.05) is 12.1 Å². The van der Waals surface area contributed by atoms with Gasteiger partial charge in [0, 0.05) is 24.7 Å². The van der Waals surface area contributed by atoms with Crippen LogP contribution in [-0.2, 0) is 9.53 Å². The van der Waals surface area contributed by atoms with Crippen LogP contribution in [0.25, 0.3) is 0 Å². The Bertz CT molecular complexity index is 924. The lowest BCUT2D eigenvalue weighted by Crippen LogP contribution is -2.40. The van der Waals surface area contributed by atoms with E-state index in [1.165, 1.54) is 0 Å². The molecule has 1 fully saturated rings. The van der Waals surface area contributed by atoms with Crippen LogP contribution in [0.5, 0.6) is 5.75 Å². The molecule has 0 unspecified atom stereocenters. The van der Waals surface area contributed by atoms with Gasteiger partial charge in [-0.05, 0) is 51.0 Å². The van der Waals surface area contributed by atoms with Crippen molar-refractivity contribution < 1.29 is 19.1 Å². The highest BCUT2D eigenvalue weighted by Gasteiger charge is 2.25. The van der Waals surface area contributed by atoms with E-state index in [1.807, 2.05) is 36.9 Å². The molecule has 0 saturated carbocycles. The number of nitrogens with one attached hydrogen (secondary N) is 1. The predicted molar refractivity (Wildman–Crippen MR) is 119 cm³/mol. The van der Waals surface area contributed by atoms with E-state index in [2.05, 4.69) is 10.3 Å². The molecule has 1 aromatic heterocycles. The number of likely N-dealkylation sites (tertiary alicyclic amines) is 1. The van der Waals surface area contributed by atoms with Crippen molar-refractivity contribution in [3.63, 3.8) is 0 Å². The first kappa shape index (κ1) is 22.6. The molecule has 1 aromatic carbocycles. The number of piperidine rings is 1. The molecule has 2 aromatic rings. The summed E-state index contributed by atoms with van der Waals surface area (Å²) in [5.41, 5.74) is 7.84. The summed E-state index contributed by atoms with van der Waals surface area (Å²) >= 11 is 0.